The second-order valence-electron chi connectivity index (χ2n) is 7.46. The van der Waals surface area contributed by atoms with Gasteiger partial charge in [-0.3, -0.25) is 14.2 Å². The lowest BCUT2D eigenvalue weighted by Crippen LogP contribution is -2.35. The predicted molar refractivity (Wildman–Crippen MR) is 131 cm³/mol. The van der Waals surface area contributed by atoms with Crippen molar-refractivity contribution < 1.29 is 9.21 Å². The summed E-state index contributed by atoms with van der Waals surface area (Å²) in [7, 11) is 0. The quantitative estimate of drug-likeness (QED) is 0.373. The highest BCUT2D eigenvalue weighted by atomic mass is 32.1. The highest BCUT2D eigenvalue weighted by molar-refractivity contribution is 7.23. The van der Waals surface area contributed by atoms with Gasteiger partial charge in [0.2, 0.25) is 5.91 Å². The maximum absolute atomic E-state index is 12.4. The Labute approximate surface area is 200 Å². The van der Waals surface area contributed by atoms with Crippen molar-refractivity contribution in [2.45, 2.75) is 20.0 Å². The van der Waals surface area contributed by atoms with E-state index in [0.29, 0.717) is 16.8 Å². The van der Waals surface area contributed by atoms with Gasteiger partial charge >= 0.3 is 5.76 Å². The number of nitrogens with one attached hydrogen (secondary N) is 1. The number of para-hydroxylation sites is 2. The number of fused-ring (bicyclic) bond motifs is 1. The number of carbonyl (C=O) groups excluding carboxylic acids is 1. The molecule has 0 atom stereocenters. The van der Waals surface area contributed by atoms with Crippen LogP contribution in [0.5, 0.6) is 0 Å². The number of thiophene rings is 1. The van der Waals surface area contributed by atoms with Crippen molar-refractivity contribution in [1.29, 1.82) is 0 Å². The third kappa shape index (κ3) is 4.35. The van der Waals surface area contributed by atoms with Crippen LogP contribution in [0.15, 0.2) is 67.9 Å². The molecule has 34 heavy (non-hydrogen) atoms. The van der Waals surface area contributed by atoms with Crippen molar-refractivity contribution in [3.05, 3.63) is 80.5 Å². The van der Waals surface area contributed by atoms with E-state index in [1.54, 1.807) is 41.7 Å². The van der Waals surface area contributed by atoms with Crippen molar-refractivity contribution in [2.24, 2.45) is 0 Å². The molecule has 5 rings (SSSR count). The molecule has 5 aromatic rings. The molecule has 0 saturated carbocycles. The Morgan fingerprint density at radius 3 is 2.79 bits per heavy atom. The van der Waals surface area contributed by atoms with Crippen LogP contribution in [0.25, 0.3) is 31.6 Å². The van der Waals surface area contributed by atoms with Gasteiger partial charge in [-0.25, -0.2) is 14.5 Å². The van der Waals surface area contributed by atoms with Crippen LogP contribution in [-0.4, -0.2) is 31.8 Å². The number of oxazole rings is 1. The first-order valence-electron chi connectivity index (χ1n) is 10.4. The summed E-state index contributed by atoms with van der Waals surface area (Å²) in [6.07, 6.45) is 0. The zero-order valence-electron chi connectivity index (χ0n) is 18.1. The Morgan fingerprint density at radius 2 is 1.97 bits per heavy atom. The largest absolute Gasteiger partial charge is 0.420 e. The average Bonchev–Trinajstić information content (AvgIpc) is 3.55. The van der Waals surface area contributed by atoms with Gasteiger partial charge in [-0.05, 0) is 36.6 Å². The number of hydrogen-bond acceptors (Lipinski definition) is 8. The molecule has 0 saturated heterocycles. The van der Waals surface area contributed by atoms with E-state index in [1.165, 1.54) is 26.7 Å². The van der Waals surface area contributed by atoms with Gasteiger partial charge in [0, 0.05) is 12.6 Å². The van der Waals surface area contributed by atoms with Gasteiger partial charge in [-0.2, -0.15) is 5.10 Å². The molecule has 0 spiro atoms. The van der Waals surface area contributed by atoms with Crippen LogP contribution in [0.4, 0.5) is 0 Å². The predicted octanol–water partition coefficient (Wildman–Crippen LogP) is 3.13. The van der Waals surface area contributed by atoms with Crippen LogP contribution in [0.2, 0.25) is 0 Å². The minimum atomic E-state index is -0.594. The van der Waals surface area contributed by atoms with Crippen molar-refractivity contribution in [3.8, 4) is 20.5 Å². The van der Waals surface area contributed by atoms with E-state index in [1.807, 2.05) is 24.4 Å². The highest BCUT2D eigenvalue weighted by Crippen LogP contribution is 2.35. The normalized spacial score (nSPS) is 11.2. The van der Waals surface area contributed by atoms with Crippen LogP contribution in [0.3, 0.4) is 0 Å². The molecule has 4 heterocycles. The number of rotatable bonds is 7. The number of aromatic nitrogens is 4. The molecular formula is C23H19N5O4S2. The molecule has 0 fully saturated rings. The molecule has 0 aliphatic rings. The Balaban J connectivity index is 1.27. The fourth-order valence-corrected chi connectivity index (χ4v) is 5.36. The summed E-state index contributed by atoms with van der Waals surface area (Å²) in [6, 6.07) is 14.1. The van der Waals surface area contributed by atoms with E-state index in [4.69, 9.17) is 4.42 Å². The van der Waals surface area contributed by atoms with Crippen molar-refractivity contribution in [3.63, 3.8) is 0 Å². The molecule has 4 aromatic heterocycles. The van der Waals surface area contributed by atoms with E-state index >= 15 is 0 Å². The molecular weight excluding hydrogens is 474 g/mol. The fraction of sp³-hybridized carbons (Fsp3) is 0.174. The number of aryl methyl sites for hydroxylation is 1. The molecule has 172 valence electrons. The first-order valence-corrected chi connectivity index (χ1v) is 12.1. The summed E-state index contributed by atoms with van der Waals surface area (Å²) in [5.41, 5.74) is 2.21. The molecule has 1 aromatic carbocycles. The van der Waals surface area contributed by atoms with E-state index in [-0.39, 0.29) is 31.1 Å². The summed E-state index contributed by atoms with van der Waals surface area (Å²) in [5.74, 6) is -0.958. The van der Waals surface area contributed by atoms with E-state index < -0.39 is 5.76 Å². The van der Waals surface area contributed by atoms with Gasteiger partial charge in [-0.1, -0.05) is 18.2 Å². The van der Waals surface area contributed by atoms with Gasteiger partial charge < -0.3 is 9.73 Å². The molecule has 0 aliphatic carbocycles. The van der Waals surface area contributed by atoms with E-state index in [2.05, 4.69) is 15.4 Å². The number of amides is 1. The monoisotopic (exact) mass is 493 g/mol. The molecule has 0 unspecified atom stereocenters. The first kappa shape index (κ1) is 22.0. The number of hydrogen-bond donors (Lipinski definition) is 1. The van der Waals surface area contributed by atoms with Crippen molar-refractivity contribution in [2.75, 3.05) is 6.54 Å². The molecule has 0 radical (unpaired) electrons. The van der Waals surface area contributed by atoms with E-state index in [9.17, 15) is 14.4 Å². The standard InChI is InChI=1S/C23H19N5O4S2/c1-14-21(34-22(25-14)18-7-4-12-33-18)15-8-9-20(30)28(26-15)11-10-24-19(29)13-27-16-5-2-3-6-17(16)32-23(27)31/h2-9,12H,10-11,13H2,1H3,(H,24,29). The summed E-state index contributed by atoms with van der Waals surface area (Å²) in [5, 5.41) is 10.1. The van der Waals surface area contributed by atoms with Gasteiger partial charge in [0.05, 0.1) is 27.5 Å². The third-order valence-electron chi connectivity index (χ3n) is 5.15. The summed E-state index contributed by atoms with van der Waals surface area (Å²) in [6.45, 7) is 2.11. The highest BCUT2D eigenvalue weighted by Gasteiger charge is 2.15. The maximum Gasteiger partial charge on any atom is 0.420 e. The summed E-state index contributed by atoms with van der Waals surface area (Å²) < 4.78 is 7.74. The Kier molecular flexibility index (Phi) is 5.95. The lowest BCUT2D eigenvalue weighted by atomic mass is 10.3. The molecule has 11 heteroatoms. The van der Waals surface area contributed by atoms with Gasteiger partial charge in [-0.15, -0.1) is 22.7 Å². The smallest absolute Gasteiger partial charge is 0.408 e. The zero-order valence-corrected chi connectivity index (χ0v) is 19.7. The summed E-state index contributed by atoms with van der Waals surface area (Å²) in [4.78, 5) is 43.4. The number of carbonyl (C=O) groups is 1. The van der Waals surface area contributed by atoms with Crippen LogP contribution >= 0.6 is 22.7 Å². The number of thiazole rings is 1. The minimum absolute atomic E-state index is 0.177. The second-order valence-corrected chi connectivity index (χ2v) is 9.41. The van der Waals surface area contributed by atoms with Crippen LogP contribution < -0.4 is 16.6 Å². The molecule has 1 N–H and O–H groups in total. The first-order chi connectivity index (χ1) is 16.5. The Morgan fingerprint density at radius 1 is 1.12 bits per heavy atom. The lowest BCUT2D eigenvalue weighted by Gasteiger charge is -2.08. The zero-order chi connectivity index (χ0) is 23.7. The molecule has 1 amide bonds. The van der Waals surface area contributed by atoms with Crippen molar-refractivity contribution >= 4 is 39.7 Å². The fourth-order valence-electron chi connectivity index (χ4n) is 3.53. The van der Waals surface area contributed by atoms with Crippen LogP contribution in [0.1, 0.15) is 5.69 Å². The summed E-state index contributed by atoms with van der Waals surface area (Å²) >= 11 is 3.15. The minimum Gasteiger partial charge on any atom is -0.408 e. The SMILES string of the molecule is Cc1nc(-c2cccs2)sc1-c1ccc(=O)n(CCNC(=O)Cn2c(=O)oc3ccccc32)n1. The molecule has 0 bridgehead atoms. The molecule has 0 aliphatic heterocycles. The van der Waals surface area contributed by atoms with Gasteiger partial charge in [0.15, 0.2) is 5.58 Å². The lowest BCUT2D eigenvalue weighted by molar-refractivity contribution is -0.121. The Bertz CT molecular complexity index is 1590. The van der Waals surface area contributed by atoms with E-state index in [0.717, 1.165) is 20.5 Å². The van der Waals surface area contributed by atoms with Gasteiger partial charge in [0.25, 0.3) is 5.56 Å². The average molecular weight is 494 g/mol. The number of nitrogens with zero attached hydrogens (tertiary/aromatic N) is 4. The number of benzene rings is 1. The Hall–Kier alpha value is -3.83. The topological polar surface area (TPSA) is 112 Å². The van der Waals surface area contributed by atoms with Crippen LogP contribution in [0, 0.1) is 6.92 Å². The third-order valence-corrected chi connectivity index (χ3v) is 7.37. The second kappa shape index (κ2) is 9.20. The maximum atomic E-state index is 12.4. The molecule has 9 nitrogen and oxygen atoms in total. The van der Waals surface area contributed by atoms with Crippen molar-refractivity contribution in [1.82, 2.24) is 24.6 Å². The van der Waals surface area contributed by atoms with Crippen LogP contribution in [-0.2, 0) is 17.9 Å². The van der Waals surface area contributed by atoms with Gasteiger partial charge in [0.1, 0.15) is 17.2 Å².